The Kier molecular flexibility index (Phi) is 7.33. The Morgan fingerprint density at radius 2 is 1.94 bits per heavy atom. The fraction of sp³-hybridized carbons (Fsp3) is 0.478. The molecule has 2 saturated heterocycles. The standard InChI is InChI=1S/C23H28Cl2N4O2/c1-17-21(23(25)29(26-17)15-18-4-6-19(24)7-5-18)8-9-22(30)28-12-10-27(11-13-28)16-20-3-2-14-31-20/h4-9,20H,2-3,10-16H2,1H3/b9-8+. The highest BCUT2D eigenvalue weighted by Crippen LogP contribution is 2.23. The summed E-state index contributed by atoms with van der Waals surface area (Å²) in [6.45, 7) is 7.54. The first-order valence-corrected chi connectivity index (χ1v) is 11.5. The van der Waals surface area contributed by atoms with Gasteiger partial charge in [-0.1, -0.05) is 35.3 Å². The van der Waals surface area contributed by atoms with E-state index < -0.39 is 0 Å². The third kappa shape index (κ3) is 5.69. The van der Waals surface area contributed by atoms with Crippen molar-refractivity contribution >= 4 is 35.2 Å². The molecule has 4 rings (SSSR count). The van der Waals surface area contributed by atoms with E-state index in [-0.39, 0.29) is 5.91 Å². The molecular weight excluding hydrogens is 435 g/mol. The Morgan fingerprint density at radius 3 is 2.61 bits per heavy atom. The summed E-state index contributed by atoms with van der Waals surface area (Å²) in [5.41, 5.74) is 2.63. The van der Waals surface area contributed by atoms with E-state index >= 15 is 0 Å². The lowest BCUT2D eigenvalue weighted by molar-refractivity contribution is -0.127. The lowest BCUT2D eigenvalue weighted by Crippen LogP contribution is -2.50. The molecule has 0 radical (unpaired) electrons. The molecule has 0 N–H and O–H groups in total. The Hall–Kier alpha value is -1.86. The van der Waals surface area contributed by atoms with Crippen molar-refractivity contribution in [2.24, 2.45) is 0 Å². The van der Waals surface area contributed by atoms with Gasteiger partial charge in [0.2, 0.25) is 5.91 Å². The quantitative estimate of drug-likeness (QED) is 0.611. The zero-order valence-corrected chi connectivity index (χ0v) is 19.3. The zero-order valence-electron chi connectivity index (χ0n) is 17.8. The number of hydrogen-bond acceptors (Lipinski definition) is 4. The predicted octanol–water partition coefficient (Wildman–Crippen LogP) is 3.88. The van der Waals surface area contributed by atoms with E-state index in [1.54, 1.807) is 16.8 Å². The van der Waals surface area contributed by atoms with Gasteiger partial charge in [0.05, 0.1) is 18.3 Å². The van der Waals surface area contributed by atoms with Crippen LogP contribution >= 0.6 is 23.2 Å². The largest absolute Gasteiger partial charge is 0.377 e. The fourth-order valence-corrected chi connectivity index (χ4v) is 4.53. The van der Waals surface area contributed by atoms with Gasteiger partial charge in [-0.2, -0.15) is 5.10 Å². The van der Waals surface area contributed by atoms with Gasteiger partial charge in [0.15, 0.2) is 0 Å². The molecule has 6 nitrogen and oxygen atoms in total. The predicted molar refractivity (Wildman–Crippen MR) is 124 cm³/mol. The Labute approximate surface area is 193 Å². The zero-order chi connectivity index (χ0) is 21.8. The number of amides is 1. The second-order valence-electron chi connectivity index (χ2n) is 8.17. The summed E-state index contributed by atoms with van der Waals surface area (Å²) < 4.78 is 7.47. The molecule has 166 valence electrons. The molecule has 2 aromatic rings. The first-order valence-electron chi connectivity index (χ1n) is 10.8. The molecule has 8 heteroatoms. The molecule has 2 fully saturated rings. The van der Waals surface area contributed by atoms with Gasteiger partial charge in [-0.25, -0.2) is 4.68 Å². The summed E-state index contributed by atoms with van der Waals surface area (Å²) in [6, 6.07) is 7.60. The maximum absolute atomic E-state index is 12.7. The minimum Gasteiger partial charge on any atom is -0.377 e. The van der Waals surface area contributed by atoms with Crippen LogP contribution in [-0.2, 0) is 16.1 Å². The van der Waals surface area contributed by atoms with Crippen LogP contribution < -0.4 is 0 Å². The number of ether oxygens (including phenoxy) is 1. The van der Waals surface area contributed by atoms with Gasteiger partial charge in [-0.15, -0.1) is 0 Å². The number of benzene rings is 1. The molecule has 0 aliphatic carbocycles. The molecular formula is C23H28Cl2N4O2. The highest BCUT2D eigenvalue weighted by molar-refractivity contribution is 6.31. The van der Waals surface area contributed by atoms with Crippen LogP contribution in [0.5, 0.6) is 0 Å². The average Bonchev–Trinajstić information content (AvgIpc) is 3.37. The molecule has 0 spiro atoms. The third-order valence-corrected chi connectivity index (χ3v) is 6.57. The van der Waals surface area contributed by atoms with Crippen molar-refractivity contribution < 1.29 is 9.53 Å². The number of hydrogen-bond donors (Lipinski definition) is 0. The van der Waals surface area contributed by atoms with Crippen molar-refractivity contribution in [2.45, 2.75) is 32.4 Å². The molecule has 1 atom stereocenters. The third-order valence-electron chi connectivity index (χ3n) is 5.92. The van der Waals surface area contributed by atoms with E-state index in [0.29, 0.717) is 22.8 Å². The monoisotopic (exact) mass is 462 g/mol. The molecule has 3 heterocycles. The van der Waals surface area contributed by atoms with Crippen LogP contribution in [0.4, 0.5) is 0 Å². The minimum absolute atomic E-state index is 0.0117. The Bertz CT molecular complexity index is 928. The van der Waals surface area contributed by atoms with E-state index in [2.05, 4.69) is 10.00 Å². The second kappa shape index (κ2) is 10.2. The van der Waals surface area contributed by atoms with Crippen LogP contribution in [0.25, 0.3) is 6.08 Å². The molecule has 0 bridgehead atoms. The number of carbonyl (C=O) groups excluding carboxylic acids is 1. The number of rotatable bonds is 6. The molecule has 1 aromatic heterocycles. The summed E-state index contributed by atoms with van der Waals surface area (Å²) in [4.78, 5) is 17.0. The van der Waals surface area contributed by atoms with Crippen molar-refractivity contribution in [3.8, 4) is 0 Å². The van der Waals surface area contributed by atoms with Crippen LogP contribution in [-0.4, -0.2) is 70.9 Å². The second-order valence-corrected chi connectivity index (χ2v) is 8.96. The van der Waals surface area contributed by atoms with E-state index in [1.807, 2.05) is 36.1 Å². The number of halogens is 2. The summed E-state index contributed by atoms with van der Waals surface area (Å²) >= 11 is 12.5. The van der Waals surface area contributed by atoms with E-state index in [1.165, 1.54) is 0 Å². The van der Waals surface area contributed by atoms with Crippen LogP contribution in [0.1, 0.15) is 29.7 Å². The lowest BCUT2D eigenvalue weighted by atomic mass is 10.2. The summed E-state index contributed by atoms with van der Waals surface area (Å²) in [6.07, 6.45) is 6.05. The number of nitrogens with zero attached hydrogens (tertiary/aromatic N) is 4. The Balaban J connectivity index is 1.33. The first kappa shape index (κ1) is 22.3. The van der Waals surface area contributed by atoms with Gasteiger partial charge in [0, 0.05) is 56.0 Å². The van der Waals surface area contributed by atoms with Crippen molar-refractivity contribution in [3.05, 3.63) is 57.3 Å². The molecule has 31 heavy (non-hydrogen) atoms. The van der Waals surface area contributed by atoms with E-state index in [0.717, 1.165) is 69.0 Å². The number of aryl methyl sites for hydroxylation is 1. The number of carbonyl (C=O) groups is 1. The molecule has 1 unspecified atom stereocenters. The average molecular weight is 463 g/mol. The maximum atomic E-state index is 12.7. The molecule has 2 aliphatic heterocycles. The summed E-state index contributed by atoms with van der Waals surface area (Å²) in [5.74, 6) is 0.0117. The highest BCUT2D eigenvalue weighted by atomic mass is 35.5. The lowest BCUT2D eigenvalue weighted by Gasteiger charge is -2.35. The van der Waals surface area contributed by atoms with Crippen molar-refractivity contribution in [3.63, 3.8) is 0 Å². The SMILES string of the molecule is Cc1nn(Cc2ccc(Cl)cc2)c(Cl)c1/C=C/C(=O)N1CCN(CC2CCCO2)CC1. The van der Waals surface area contributed by atoms with Gasteiger partial charge in [-0.05, 0) is 43.5 Å². The number of aromatic nitrogens is 2. The first-order chi connectivity index (χ1) is 15.0. The van der Waals surface area contributed by atoms with Gasteiger partial charge in [-0.3, -0.25) is 9.69 Å². The van der Waals surface area contributed by atoms with Gasteiger partial charge in [0.1, 0.15) is 5.15 Å². The summed E-state index contributed by atoms with van der Waals surface area (Å²) in [7, 11) is 0. The van der Waals surface area contributed by atoms with Crippen LogP contribution in [0.2, 0.25) is 10.2 Å². The molecule has 1 amide bonds. The number of piperazine rings is 1. The van der Waals surface area contributed by atoms with E-state index in [4.69, 9.17) is 27.9 Å². The maximum Gasteiger partial charge on any atom is 0.246 e. The minimum atomic E-state index is 0.0117. The van der Waals surface area contributed by atoms with Crippen molar-refractivity contribution in [1.29, 1.82) is 0 Å². The normalized spacial score (nSPS) is 20.1. The smallest absolute Gasteiger partial charge is 0.246 e. The highest BCUT2D eigenvalue weighted by Gasteiger charge is 2.24. The van der Waals surface area contributed by atoms with Crippen LogP contribution in [0.15, 0.2) is 30.3 Å². The van der Waals surface area contributed by atoms with E-state index in [9.17, 15) is 4.79 Å². The molecule has 2 aliphatic rings. The molecule has 1 aromatic carbocycles. The topological polar surface area (TPSA) is 50.6 Å². The Morgan fingerprint density at radius 1 is 1.19 bits per heavy atom. The van der Waals surface area contributed by atoms with Gasteiger partial charge >= 0.3 is 0 Å². The van der Waals surface area contributed by atoms with Crippen molar-refractivity contribution in [2.75, 3.05) is 39.3 Å². The van der Waals surface area contributed by atoms with Gasteiger partial charge < -0.3 is 9.64 Å². The van der Waals surface area contributed by atoms with Crippen LogP contribution in [0.3, 0.4) is 0 Å². The molecule has 0 saturated carbocycles. The summed E-state index contributed by atoms with van der Waals surface area (Å²) in [5, 5.41) is 5.76. The fourth-order valence-electron chi connectivity index (χ4n) is 4.11. The van der Waals surface area contributed by atoms with Crippen molar-refractivity contribution in [1.82, 2.24) is 19.6 Å². The van der Waals surface area contributed by atoms with Gasteiger partial charge in [0.25, 0.3) is 0 Å². The van der Waals surface area contributed by atoms with Crippen LogP contribution in [0, 0.1) is 6.92 Å².